The van der Waals surface area contributed by atoms with E-state index in [1.54, 1.807) is 18.3 Å². The van der Waals surface area contributed by atoms with Crippen molar-refractivity contribution >= 4 is 5.91 Å². The number of carbonyl (C=O) groups is 1. The van der Waals surface area contributed by atoms with Gasteiger partial charge in [0.15, 0.2) is 0 Å². The van der Waals surface area contributed by atoms with Crippen LogP contribution in [0.15, 0.2) is 36.5 Å². The summed E-state index contributed by atoms with van der Waals surface area (Å²) in [6.45, 7) is 11.5. The predicted octanol–water partition coefficient (Wildman–Crippen LogP) is 4.75. The highest BCUT2D eigenvalue weighted by molar-refractivity contribution is 5.96. The normalized spacial score (nSPS) is 10.6. The lowest BCUT2D eigenvalue weighted by Gasteiger charge is -2.21. The molecule has 1 amide bonds. The van der Waals surface area contributed by atoms with Gasteiger partial charge in [0.05, 0.1) is 5.56 Å². The van der Waals surface area contributed by atoms with Crippen LogP contribution < -0.4 is 5.32 Å². The first-order chi connectivity index (χ1) is 10.8. The van der Waals surface area contributed by atoms with E-state index in [4.69, 9.17) is 0 Å². The van der Waals surface area contributed by atoms with E-state index in [1.807, 2.05) is 53.7 Å². The molecule has 0 saturated heterocycles. The number of pyridine rings is 1. The Morgan fingerprint density at radius 1 is 1.17 bits per heavy atom. The number of benzene rings is 1. The zero-order valence-corrected chi connectivity index (χ0v) is 14.7. The molecule has 23 heavy (non-hydrogen) atoms. The van der Waals surface area contributed by atoms with Crippen molar-refractivity contribution in [1.29, 1.82) is 0 Å². The van der Waals surface area contributed by atoms with Crippen LogP contribution in [0.25, 0.3) is 11.1 Å². The van der Waals surface area contributed by atoms with Gasteiger partial charge in [0.25, 0.3) is 5.91 Å². The first-order valence-electron chi connectivity index (χ1n) is 7.82. The lowest BCUT2D eigenvalue weighted by molar-refractivity contribution is 0.0915. The molecule has 0 unspecified atom stereocenters. The van der Waals surface area contributed by atoms with Crippen molar-refractivity contribution in [2.24, 2.45) is 0 Å². The summed E-state index contributed by atoms with van der Waals surface area (Å²) in [5, 5.41) is 2.77. The van der Waals surface area contributed by atoms with Gasteiger partial charge in [-0.3, -0.25) is 9.78 Å². The number of rotatable bonds is 2. The summed E-state index contributed by atoms with van der Waals surface area (Å²) < 4.78 is 13.9. The van der Waals surface area contributed by atoms with Gasteiger partial charge in [-0.25, -0.2) is 4.39 Å². The second kappa shape index (κ2) is 7.86. The maximum absolute atomic E-state index is 13.9. The molecule has 0 atom stereocenters. The van der Waals surface area contributed by atoms with Gasteiger partial charge in [-0.2, -0.15) is 0 Å². The van der Waals surface area contributed by atoms with Crippen molar-refractivity contribution in [2.45, 2.75) is 47.1 Å². The van der Waals surface area contributed by atoms with Gasteiger partial charge >= 0.3 is 0 Å². The largest absolute Gasteiger partial charge is 0.347 e. The van der Waals surface area contributed by atoms with E-state index < -0.39 is 17.3 Å². The van der Waals surface area contributed by atoms with Gasteiger partial charge in [0.2, 0.25) is 0 Å². The molecule has 1 heterocycles. The maximum Gasteiger partial charge on any atom is 0.254 e. The monoisotopic (exact) mass is 316 g/mol. The van der Waals surface area contributed by atoms with Crippen LogP contribution in [0.4, 0.5) is 4.39 Å². The first kappa shape index (κ1) is 18.8. The smallest absolute Gasteiger partial charge is 0.254 e. The summed E-state index contributed by atoms with van der Waals surface area (Å²) in [6.07, 6.45) is 1.70. The highest BCUT2D eigenvalue weighted by atomic mass is 19.1. The van der Waals surface area contributed by atoms with Crippen molar-refractivity contribution in [2.75, 3.05) is 0 Å². The second-order valence-electron chi connectivity index (χ2n) is 6.04. The van der Waals surface area contributed by atoms with Gasteiger partial charge < -0.3 is 5.32 Å². The van der Waals surface area contributed by atoms with Crippen LogP contribution in [0.1, 0.15) is 50.7 Å². The zero-order valence-electron chi connectivity index (χ0n) is 14.7. The summed E-state index contributed by atoms with van der Waals surface area (Å²) in [5.74, 6) is -0.939. The van der Waals surface area contributed by atoms with Gasteiger partial charge in [0, 0.05) is 23.0 Å². The van der Waals surface area contributed by atoms with Crippen LogP contribution >= 0.6 is 0 Å². The summed E-state index contributed by atoms with van der Waals surface area (Å²) in [4.78, 5) is 16.4. The average Bonchev–Trinajstić information content (AvgIpc) is 2.49. The van der Waals surface area contributed by atoms with E-state index in [0.29, 0.717) is 0 Å². The van der Waals surface area contributed by atoms with Crippen molar-refractivity contribution < 1.29 is 9.18 Å². The minimum Gasteiger partial charge on any atom is -0.347 e. The van der Waals surface area contributed by atoms with Crippen LogP contribution in [0.3, 0.4) is 0 Å². The molecule has 0 bridgehead atoms. The van der Waals surface area contributed by atoms with E-state index in [9.17, 15) is 9.18 Å². The molecular formula is C19H25FN2O. The molecule has 0 fully saturated rings. The fourth-order valence-corrected chi connectivity index (χ4v) is 2.06. The standard InChI is InChI=1S/C17H19FN2O.C2H6/c1-11-13(6-5-9-19-11)12-7-8-15(18)14(10-12)16(21)20-17(2,3)4;1-2/h5-10H,1-4H3,(H,20,21);1-2H3. The van der Waals surface area contributed by atoms with E-state index in [0.717, 1.165) is 16.8 Å². The molecule has 3 nitrogen and oxygen atoms in total. The van der Waals surface area contributed by atoms with E-state index in [1.165, 1.54) is 6.07 Å². The molecule has 0 radical (unpaired) electrons. The zero-order chi connectivity index (χ0) is 17.6. The van der Waals surface area contributed by atoms with Gasteiger partial charge in [-0.05, 0) is 51.5 Å². The molecule has 0 aliphatic heterocycles. The summed E-state index contributed by atoms with van der Waals surface area (Å²) in [5.41, 5.74) is 2.14. The fraction of sp³-hybridized carbons (Fsp3) is 0.368. The Morgan fingerprint density at radius 3 is 2.39 bits per heavy atom. The Labute approximate surface area is 138 Å². The third kappa shape index (κ3) is 5.16. The van der Waals surface area contributed by atoms with Crippen molar-refractivity contribution in [3.63, 3.8) is 0 Å². The Bertz CT molecular complexity index is 675. The van der Waals surface area contributed by atoms with E-state index in [-0.39, 0.29) is 5.56 Å². The number of hydrogen-bond acceptors (Lipinski definition) is 2. The number of aromatic nitrogens is 1. The van der Waals surface area contributed by atoms with Crippen molar-refractivity contribution in [3.05, 3.63) is 53.6 Å². The van der Waals surface area contributed by atoms with Crippen LogP contribution in [0.5, 0.6) is 0 Å². The number of nitrogens with zero attached hydrogens (tertiary/aromatic N) is 1. The molecular weight excluding hydrogens is 291 g/mol. The minimum absolute atomic E-state index is 0.0469. The molecule has 0 aliphatic rings. The topological polar surface area (TPSA) is 42.0 Å². The molecule has 4 heteroatoms. The number of nitrogens with one attached hydrogen (secondary N) is 1. The maximum atomic E-state index is 13.9. The third-order valence-corrected chi connectivity index (χ3v) is 3.02. The highest BCUT2D eigenvalue weighted by Gasteiger charge is 2.19. The quantitative estimate of drug-likeness (QED) is 0.868. The van der Waals surface area contributed by atoms with Crippen LogP contribution in [0, 0.1) is 12.7 Å². The van der Waals surface area contributed by atoms with Gasteiger partial charge in [-0.1, -0.05) is 26.0 Å². The van der Waals surface area contributed by atoms with Crippen molar-refractivity contribution in [3.8, 4) is 11.1 Å². The molecule has 0 aliphatic carbocycles. The summed E-state index contributed by atoms with van der Waals surface area (Å²) >= 11 is 0. The molecule has 0 saturated carbocycles. The average molecular weight is 316 g/mol. The predicted molar refractivity (Wildman–Crippen MR) is 92.9 cm³/mol. The Balaban J connectivity index is 0.00000127. The molecule has 1 aromatic carbocycles. The molecule has 1 N–H and O–H groups in total. The summed E-state index contributed by atoms with van der Waals surface area (Å²) in [6, 6.07) is 8.27. The molecule has 1 aromatic heterocycles. The second-order valence-corrected chi connectivity index (χ2v) is 6.04. The number of halogens is 1. The minimum atomic E-state index is -0.526. The Kier molecular flexibility index (Phi) is 6.43. The van der Waals surface area contributed by atoms with Gasteiger partial charge in [0.1, 0.15) is 5.82 Å². The third-order valence-electron chi connectivity index (χ3n) is 3.02. The van der Waals surface area contributed by atoms with Crippen LogP contribution in [-0.2, 0) is 0 Å². The SMILES string of the molecule is CC.Cc1ncccc1-c1ccc(F)c(C(=O)NC(C)(C)C)c1. The molecule has 2 aromatic rings. The molecule has 0 spiro atoms. The molecule has 2 rings (SSSR count). The van der Waals surface area contributed by atoms with Crippen LogP contribution in [0.2, 0.25) is 0 Å². The van der Waals surface area contributed by atoms with Crippen LogP contribution in [-0.4, -0.2) is 16.4 Å². The number of hydrogen-bond donors (Lipinski definition) is 1. The lowest BCUT2D eigenvalue weighted by atomic mass is 10.0. The van der Waals surface area contributed by atoms with E-state index >= 15 is 0 Å². The molecule has 124 valence electrons. The Hall–Kier alpha value is -2.23. The number of carbonyl (C=O) groups excluding carboxylic acids is 1. The summed E-state index contributed by atoms with van der Waals surface area (Å²) in [7, 11) is 0. The fourth-order valence-electron chi connectivity index (χ4n) is 2.06. The lowest BCUT2D eigenvalue weighted by Crippen LogP contribution is -2.40. The number of aryl methyl sites for hydroxylation is 1. The first-order valence-corrected chi connectivity index (χ1v) is 7.82. The number of amides is 1. The van der Waals surface area contributed by atoms with Gasteiger partial charge in [-0.15, -0.1) is 0 Å². The Morgan fingerprint density at radius 2 is 1.83 bits per heavy atom. The van der Waals surface area contributed by atoms with E-state index in [2.05, 4.69) is 10.3 Å². The highest BCUT2D eigenvalue weighted by Crippen LogP contribution is 2.24. The van der Waals surface area contributed by atoms with Crippen molar-refractivity contribution in [1.82, 2.24) is 10.3 Å².